The van der Waals surface area contributed by atoms with E-state index in [4.69, 9.17) is 0 Å². The highest BCUT2D eigenvalue weighted by Gasteiger charge is 2.39. The van der Waals surface area contributed by atoms with E-state index in [2.05, 4.69) is 44.5 Å². The van der Waals surface area contributed by atoms with Crippen LogP contribution in [0.4, 0.5) is 11.6 Å². The first kappa shape index (κ1) is 18.0. The Kier molecular flexibility index (Phi) is 4.70. The zero-order valence-corrected chi connectivity index (χ0v) is 16.2. The number of aromatic nitrogens is 4. The van der Waals surface area contributed by atoms with Crippen molar-refractivity contribution in [3.8, 4) is 11.8 Å². The summed E-state index contributed by atoms with van der Waals surface area (Å²) in [5.74, 6) is 8.15. The maximum Gasteiger partial charge on any atom is 0.228 e. The Hall–Kier alpha value is -3.40. The number of anilines is 2. The number of nitrogens with zero attached hydrogens (tertiary/aromatic N) is 4. The molecule has 1 fully saturated rings. The lowest BCUT2D eigenvalue weighted by Crippen LogP contribution is -2.15. The van der Waals surface area contributed by atoms with Gasteiger partial charge in [-0.05, 0) is 25.3 Å². The fourth-order valence-corrected chi connectivity index (χ4v) is 3.15. The van der Waals surface area contributed by atoms with Crippen LogP contribution in [0.15, 0.2) is 30.9 Å². The fraction of sp³-hybridized carbons (Fsp3) is 0.333. The molecule has 1 aliphatic carbocycles. The number of aryl methyl sites for hydroxylation is 1. The fourth-order valence-electron chi connectivity index (χ4n) is 3.15. The largest absolute Gasteiger partial charge is 0.373 e. The van der Waals surface area contributed by atoms with Gasteiger partial charge in [-0.3, -0.25) is 9.48 Å². The first-order valence-electron chi connectivity index (χ1n) is 9.41. The molecule has 1 amide bonds. The van der Waals surface area contributed by atoms with Crippen LogP contribution in [0, 0.1) is 23.7 Å². The van der Waals surface area contributed by atoms with E-state index in [1.54, 1.807) is 18.6 Å². The summed E-state index contributed by atoms with van der Waals surface area (Å²) in [6.45, 7) is 4.91. The van der Waals surface area contributed by atoms with Crippen LogP contribution in [0.3, 0.4) is 0 Å². The standard InChI is InChI=1S/C21H22N6O/c1-4-27-12-14(9-25-27)5-6-15-10-24-20(22-3)18-11-23-19(8-17(15)18)26-21(28)16-7-13(16)2/h8-13,16H,4,7H2,1-3H3,(H,22,24)(H,23,26,28)/t13-,16+/m1/s1. The van der Waals surface area contributed by atoms with Gasteiger partial charge in [0.1, 0.15) is 11.6 Å². The van der Waals surface area contributed by atoms with Crippen molar-refractivity contribution in [2.75, 3.05) is 17.7 Å². The summed E-state index contributed by atoms with van der Waals surface area (Å²) in [6, 6.07) is 1.86. The van der Waals surface area contributed by atoms with Gasteiger partial charge < -0.3 is 10.6 Å². The molecule has 2 N–H and O–H groups in total. The molecule has 1 aliphatic rings. The molecule has 28 heavy (non-hydrogen) atoms. The van der Waals surface area contributed by atoms with Gasteiger partial charge in [-0.25, -0.2) is 9.97 Å². The number of rotatable bonds is 4. The summed E-state index contributed by atoms with van der Waals surface area (Å²) in [4.78, 5) is 21.1. The number of carbonyl (C=O) groups is 1. The molecule has 0 bridgehead atoms. The Morgan fingerprint density at radius 2 is 2.07 bits per heavy atom. The summed E-state index contributed by atoms with van der Waals surface area (Å²) in [6.07, 6.45) is 8.06. The second kappa shape index (κ2) is 7.31. The molecule has 0 spiro atoms. The molecule has 0 saturated heterocycles. The zero-order chi connectivity index (χ0) is 19.7. The highest BCUT2D eigenvalue weighted by molar-refractivity contribution is 5.99. The summed E-state index contributed by atoms with van der Waals surface area (Å²) >= 11 is 0. The van der Waals surface area contributed by atoms with Crippen molar-refractivity contribution < 1.29 is 4.79 Å². The number of hydrogen-bond acceptors (Lipinski definition) is 5. The van der Waals surface area contributed by atoms with E-state index in [0.29, 0.717) is 11.7 Å². The molecule has 1 saturated carbocycles. The molecule has 0 aromatic carbocycles. The number of pyridine rings is 2. The average Bonchev–Trinajstić information content (AvgIpc) is 3.26. The molecule has 3 aromatic heterocycles. The summed E-state index contributed by atoms with van der Waals surface area (Å²) in [5.41, 5.74) is 1.62. The van der Waals surface area contributed by atoms with Gasteiger partial charge in [-0.1, -0.05) is 18.8 Å². The Labute approximate surface area is 163 Å². The van der Waals surface area contributed by atoms with E-state index < -0.39 is 0 Å². The van der Waals surface area contributed by atoms with Crippen LogP contribution in [-0.4, -0.2) is 32.7 Å². The summed E-state index contributed by atoms with van der Waals surface area (Å²) in [7, 11) is 1.82. The van der Waals surface area contributed by atoms with Crippen molar-refractivity contribution in [1.29, 1.82) is 0 Å². The van der Waals surface area contributed by atoms with Gasteiger partial charge in [0.05, 0.1) is 17.3 Å². The quantitative estimate of drug-likeness (QED) is 0.686. The van der Waals surface area contributed by atoms with Gasteiger partial charge >= 0.3 is 0 Å². The monoisotopic (exact) mass is 374 g/mol. The molecule has 0 radical (unpaired) electrons. The topological polar surface area (TPSA) is 84.7 Å². The molecule has 0 aliphatic heterocycles. The van der Waals surface area contributed by atoms with Gasteiger partial charge in [0, 0.05) is 48.9 Å². The van der Waals surface area contributed by atoms with Crippen LogP contribution in [0.25, 0.3) is 10.8 Å². The third-order valence-electron chi connectivity index (χ3n) is 5.01. The Bertz CT molecular complexity index is 1110. The normalized spacial score (nSPS) is 17.7. The second-order valence-corrected chi connectivity index (χ2v) is 7.03. The molecule has 0 unspecified atom stereocenters. The summed E-state index contributed by atoms with van der Waals surface area (Å²) < 4.78 is 1.83. The van der Waals surface area contributed by atoms with Crippen molar-refractivity contribution >= 4 is 28.3 Å². The van der Waals surface area contributed by atoms with Crippen molar-refractivity contribution in [2.24, 2.45) is 11.8 Å². The van der Waals surface area contributed by atoms with Crippen LogP contribution < -0.4 is 10.6 Å². The third-order valence-corrected chi connectivity index (χ3v) is 5.01. The smallest absolute Gasteiger partial charge is 0.228 e. The minimum absolute atomic E-state index is 0.0295. The maximum atomic E-state index is 12.3. The molecule has 7 heteroatoms. The van der Waals surface area contributed by atoms with Gasteiger partial charge in [0.25, 0.3) is 0 Å². The van der Waals surface area contributed by atoms with Gasteiger partial charge in [-0.15, -0.1) is 0 Å². The number of hydrogen-bond donors (Lipinski definition) is 2. The predicted molar refractivity (Wildman–Crippen MR) is 109 cm³/mol. The Morgan fingerprint density at radius 1 is 1.25 bits per heavy atom. The van der Waals surface area contributed by atoms with E-state index >= 15 is 0 Å². The molecule has 7 nitrogen and oxygen atoms in total. The van der Waals surface area contributed by atoms with Crippen LogP contribution in [0.1, 0.15) is 31.4 Å². The first-order valence-corrected chi connectivity index (χ1v) is 9.41. The van der Waals surface area contributed by atoms with Crippen molar-refractivity contribution in [3.05, 3.63) is 42.0 Å². The van der Waals surface area contributed by atoms with Crippen LogP contribution in [0.2, 0.25) is 0 Å². The van der Waals surface area contributed by atoms with Crippen molar-refractivity contribution in [2.45, 2.75) is 26.8 Å². The zero-order valence-electron chi connectivity index (χ0n) is 16.2. The number of carbonyl (C=O) groups excluding carboxylic acids is 1. The lowest BCUT2D eigenvalue weighted by Gasteiger charge is -2.09. The average molecular weight is 374 g/mol. The maximum absolute atomic E-state index is 12.3. The van der Waals surface area contributed by atoms with Gasteiger partial charge in [0.15, 0.2) is 0 Å². The van der Waals surface area contributed by atoms with Gasteiger partial charge in [0.2, 0.25) is 5.91 Å². The van der Waals surface area contributed by atoms with E-state index in [9.17, 15) is 4.79 Å². The highest BCUT2D eigenvalue weighted by atomic mass is 16.2. The SMILES string of the molecule is CCn1cc(C#Cc2cnc(NC)c3cnc(NC(=O)[C@H]4C[C@H]4C)cc23)cn1. The van der Waals surface area contributed by atoms with Crippen LogP contribution >= 0.6 is 0 Å². The molecular formula is C21H22N6O. The van der Waals surface area contributed by atoms with E-state index in [-0.39, 0.29) is 11.8 Å². The minimum Gasteiger partial charge on any atom is -0.373 e. The van der Waals surface area contributed by atoms with E-state index in [1.807, 2.05) is 30.9 Å². The van der Waals surface area contributed by atoms with E-state index in [1.165, 1.54) is 0 Å². The molecule has 4 rings (SSSR count). The number of amides is 1. The van der Waals surface area contributed by atoms with Crippen molar-refractivity contribution in [1.82, 2.24) is 19.7 Å². The lowest BCUT2D eigenvalue weighted by molar-refractivity contribution is -0.117. The number of nitrogens with one attached hydrogen (secondary N) is 2. The predicted octanol–water partition coefficient (Wildman–Crippen LogP) is 2.88. The van der Waals surface area contributed by atoms with Crippen molar-refractivity contribution in [3.63, 3.8) is 0 Å². The lowest BCUT2D eigenvalue weighted by atomic mass is 10.1. The molecule has 3 heterocycles. The third kappa shape index (κ3) is 3.54. The molecule has 3 aromatic rings. The molecule has 142 valence electrons. The van der Waals surface area contributed by atoms with Gasteiger partial charge in [-0.2, -0.15) is 5.10 Å². The minimum atomic E-state index is 0.0295. The molecule has 2 atom stereocenters. The molecular weight excluding hydrogens is 352 g/mol. The Morgan fingerprint density at radius 3 is 2.75 bits per heavy atom. The second-order valence-electron chi connectivity index (χ2n) is 7.03. The summed E-state index contributed by atoms with van der Waals surface area (Å²) in [5, 5.41) is 12.0. The highest BCUT2D eigenvalue weighted by Crippen LogP contribution is 2.38. The van der Waals surface area contributed by atoms with E-state index in [0.717, 1.165) is 40.7 Å². The van der Waals surface area contributed by atoms with Crippen LogP contribution in [0.5, 0.6) is 0 Å². The number of fused-ring (bicyclic) bond motifs is 1. The van der Waals surface area contributed by atoms with Crippen LogP contribution in [-0.2, 0) is 11.3 Å². The first-order chi connectivity index (χ1) is 13.6. The Balaban J connectivity index is 1.70.